The van der Waals surface area contributed by atoms with Crippen molar-refractivity contribution >= 4 is 17.3 Å². The molecule has 0 radical (unpaired) electrons. The molecule has 34 heavy (non-hydrogen) atoms. The molecule has 0 aliphatic rings. The van der Waals surface area contributed by atoms with Crippen LogP contribution >= 0.6 is 0 Å². The molecule has 0 atom stereocenters. The van der Waals surface area contributed by atoms with Crippen LogP contribution in [0.5, 0.6) is 0 Å². The first-order chi connectivity index (χ1) is 16.2. The van der Waals surface area contributed by atoms with Gasteiger partial charge in [0.25, 0.3) is 0 Å². The highest BCUT2D eigenvalue weighted by atomic mass is 19.4. The van der Waals surface area contributed by atoms with Gasteiger partial charge in [0.1, 0.15) is 6.61 Å². The van der Waals surface area contributed by atoms with Crippen molar-refractivity contribution in [2.24, 2.45) is 5.16 Å². The van der Waals surface area contributed by atoms with Crippen LogP contribution in [0.4, 0.5) is 13.2 Å². The highest BCUT2D eigenvalue weighted by Crippen LogP contribution is 2.34. The topological polar surface area (TPSA) is 70.9 Å². The number of rotatable bonds is 11. The molecule has 0 saturated heterocycles. The highest BCUT2D eigenvalue weighted by Gasteiger charge is 2.33. The average Bonchev–Trinajstić information content (AvgIpc) is 2.80. The fourth-order valence-electron chi connectivity index (χ4n) is 3.23. The Balaban J connectivity index is 2.06. The zero-order chi connectivity index (χ0) is 25.1. The van der Waals surface area contributed by atoms with Crippen LogP contribution in [0.1, 0.15) is 55.0 Å². The highest BCUT2D eigenvalue weighted by molar-refractivity contribution is 5.98. The molecule has 0 spiro atoms. The summed E-state index contributed by atoms with van der Waals surface area (Å²) in [5, 5.41) is 15.7. The third kappa shape index (κ3) is 8.19. The zero-order valence-electron chi connectivity index (χ0n) is 19.4. The van der Waals surface area contributed by atoms with Gasteiger partial charge in [0.2, 0.25) is 0 Å². The van der Waals surface area contributed by atoms with E-state index in [4.69, 9.17) is 9.94 Å². The van der Waals surface area contributed by atoms with Crippen molar-refractivity contribution in [3.8, 4) is 0 Å². The van der Waals surface area contributed by atoms with Crippen molar-refractivity contribution in [1.82, 2.24) is 5.32 Å². The molecule has 2 rings (SSSR count). The number of carbonyl (C=O) groups is 1. The number of carboxylic acids is 1. The first-order valence-corrected chi connectivity index (χ1v) is 10.8. The summed E-state index contributed by atoms with van der Waals surface area (Å²) in [4.78, 5) is 15.8. The monoisotopic (exact) mass is 474 g/mol. The second kappa shape index (κ2) is 12.7. The number of nitrogens with one attached hydrogen (secondary N) is 1. The molecule has 182 valence electrons. The van der Waals surface area contributed by atoms with E-state index in [1.807, 2.05) is 31.2 Å². The molecule has 0 amide bonds. The first-order valence-electron chi connectivity index (χ1n) is 10.8. The number of hydrogen-bond acceptors (Lipinski definition) is 4. The summed E-state index contributed by atoms with van der Waals surface area (Å²) in [6, 6.07) is 11.6. The number of nitrogens with zero attached hydrogens (tertiary/aromatic N) is 1. The summed E-state index contributed by atoms with van der Waals surface area (Å²) in [7, 11) is 0. The third-order valence-electron chi connectivity index (χ3n) is 5.04. The van der Waals surface area contributed by atoms with Gasteiger partial charge >= 0.3 is 12.1 Å². The Morgan fingerprint density at radius 2 is 1.79 bits per heavy atom. The van der Waals surface area contributed by atoms with E-state index in [1.165, 1.54) is 6.07 Å². The van der Waals surface area contributed by atoms with Crippen molar-refractivity contribution in [2.45, 2.75) is 46.5 Å². The number of hydrogen-bond donors (Lipinski definition) is 2. The summed E-state index contributed by atoms with van der Waals surface area (Å²) in [5.41, 5.74) is 2.71. The van der Waals surface area contributed by atoms with Crippen LogP contribution in [0, 0.1) is 0 Å². The van der Waals surface area contributed by atoms with Gasteiger partial charge in [0, 0.05) is 18.7 Å². The Hall–Kier alpha value is -3.39. The van der Waals surface area contributed by atoms with Gasteiger partial charge in [-0.15, -0.1) is 0 Å². The van der Waals surface area contributed by atoms with Crippen molar-refractivity contribution in [2.75, 3.05) is 6.54 Å². The second-order valence-corrected chi connectivity index (χ2v) is 7.58. The molecule has 0 saturated carbocycles. The standard InChI is InChI=1S/C26H29F3N2O3/c1-4-6-20(5-2)22-11-12-23(24(15-22)26(27,28)29)17-34-31-18(3)21-9-7-19(8-10-21)16-30-14-13-25(32)33/h4-12,15,30H,13-14,16-17H2,1-3H3,(H,32,33)/b6-4-,20-5+,31-18+. The maximum absolute atomic E-state index is 13.7. The predicted molar refractivity (Wildman–Crippen MR) is 127 cm³/mol. The molecule has 2 aromatic carbocycles. The van der Waals surface area contributed by atoms with Crippen molar-refractivity contribution in [1.29, 1.82) is 0 Å². The van der Waals surface area contributed by atoms with Crippen LogP contribution in [0.15, 0.2) is 65.8 Å². The Bertz CT molecular complexity index is 1060. The molecule has 2 N–H and O–H groups in total. The van der Waals surface area contributed by atoms with E-state index in [0.29, 0.717) is 29.9 Å². The number of halogens is 3. The quantitative estimate of drug-likeness (QED) is 0.176. The van der Waals surface area contributed by atoms with Gasteiger partial charge in [-0.3, -0.25) is 4.79 Å². The van der Waals surface area contributed by atoms with Crippen LogP contribution in [0.25, 0.3) is 5.57 Å². The minimum absolute atomic E-state index is 0.00603. The summed E-state index contributed by atoms with van der Waals surface area (Å²) in [6.45, 7) is 5.89. The number of benzene rings is 2. The Labute approximate surface area is 197 Å². The van der Waals surface area contributed by atoms with Gasteiger partial charge < -0.3 is 15.3 Å². The van der Waals surface area contributed by atoms with E-state index >= 15 is 0 Å². The summed E-state index contributed by atoms with van der Waals surface area (Å²) in [6.07, 6.45) is 0.829. The molecule has 0 aromatic heterocycles. The van der Waals surface area contributed by atoms with Crippen LogP contribution in [-0.2, 0) is 29.0 Å². The van der Waals surface area contributed by atoms with Gasteiger partial charge in [0.05, 0.1) is 17.7 Å². The smallest absolute Gasteiger partial charge is 0.416 e. The fourth-order valence-corrected chi connectivity index (χ4v) is 3.23. The minimum Gasteiger partial charge on any atom is -0.481 e. The maximum Gasteiger partial charge on any atom is 0.416 e. The van der Waals surface area contributed by atoms with E-state index in [2.05, 4.69) is 10.5 Å². The minimum atomic E-state index is -4.52. The lowest BCUT2D eigenvalue weighted by atomic mass is 9.98. The van der Waals surface area contributed by atoms with E-state index in [1.54, 1.807) is 38.1 Å². The Morgan fingerprint density at radius 1 is 1.12 bits per heavy atom. The summed E-state index contributed by atoms with van der Waals surface area (Å²) in [5.74, 6) is -0.857. The average molecular weight is 475 g/mol. The van der Waals surface area contributed by atoms with Crippen molar-refractivity contribution < 1.29 is 27.9 Å². The summed E-state index contributed by atoms with van der Waals surface area (Å²) < 4.78 is 41.0. The third-order valence-corrected chi connectivity index (χ3v) is 5.04. The van der Waals surface area contributed by atoms with Crippen LogP contribution in [-0.4, -0.2) is 23.3 Å². The lowest BCUT2D eigenvalue weighted by molar-refractivity contribution is -0.139. The second-order valence-electron chi connectivity index (χ2n) is 7.58. The molecule has 8 heteroatoms. The lowest BCUT2D eigenvalue weighted by Gasteiger charge is -2.14. The molecule has 0 aliphatic heterocycles. The van der Waals surface area contributed by atoms with Crippen molar-refractivity contribution in [3.63, 3.8) is 0 Å². The van der Waals surface area contributed by atoms with Crippen LogP contribution in [0.3, 0.4) is 0 Å². The van der Waals surface area contributed by atoms with Gasteiger partial charge in [0.15, 0.2) is 0 Å². The summed E-state index contributed by atoms with van der Waals surface area (Å²) >= 11 is 0. The normalized spacial score (nSPS) is 12.9. The number of carboxylic acid groups (broad SMARTS) is 1. The lowest BCUT2D eigenvalue weighted by Crippen LogP contribution is -2.17. The molecule has 0 bridgehead atoms. The molecule has 2 aromatic rings. The predicted octanol–water partition coefficient (Wildman–Crippen LogP) is 6.19. The van der Waals surface area contributed by atoms with E-state index in [0.717, 1.165) is 17.2 Å². The maximum atomic E-state index is 13.7. The Kier molecular flexibility index (Phi) is 10.1. The number of aliphatic carboxylic acids is 1. The first kappa shape index (κ1) is 26.9. The Morgan fingerprint density at radius 3 is 2.38 bits per heavy atom. The van der Waals surface area contributed by atoms with Gasteiger partial charge in [-0.1, -0.05) is 59.8 Å². The molecular formula is C26H29F3N2O3. The number of allylic oxidation sites excluding steroid dienone is 4. The SMILES string of the molecule is C/C=C\C(=C/C)c1ccc(CO/N=C(\C)c2ccc(CNCCC(=O)O)cc2)c(C(F)(F)F)c1. The van der Waals surface area contributed by atoms with Crippen LogP contribution in [0.2, 0.25) is 0 Å². The van der Waals surface area contributed by atoms with Gasteiger partial charge in [-0.2, -0.15) is 13.2 Å². The number of oxime groups is 1. The molecule has 0 unspecified atom stereocenters. The largest absolute Gasteiger partial charge is 0.481 e. The van der Waals surface area contributed by atoms with Gasteiger partial charge in [-0.25, -0.2) is 0 Å². The molecule has 5 nitrogen and oxygen atoms in total. The molecular weight excluding hydrogens is 445 g/mol. The molecule has 0 fully saturated rings. The molecule has 0 aliphatic carbocycles. The van der Waals surface area contributed by atoms with E-state index in [9.17, 15) is 18.0 Å². The van der Waals surface area contributed by atoms with E-state index < -0.39 is 17.7 Å². The fraction of sp³-hybridized carbons (Fsp3) is 0.308. The van der Waals surface area contributed by atoms with Crippen LogP contribution < -0.4 is 5.32 Å². The number of alkyl halides is 3. The van der Waals surface area contributed by atoms with E-state index in [-0.39, 0.29) is 18.6 Å². The zero-order valence-corrected chi connectivity index (χ0v) is 19.4. The van der Waals surface area contributed by atoms with Gasteiger partial charge in [-0.05, 0) is 49.1 Å². The van der Waals surface area contributed by atoms with Crippen molar-refractivity contribution in [3.05, 3.63) is 88.5 Å². The molecule has 0 heterocycles.